The molecule has 0 aromatic heterocycles. The Bertz CT molecular complexity index is 657. The van der Waals surface area contributed by atoms with Crippen molar-refractivity contribution in [3.8, 4) is 0 Å². The average molecular weight is 491 g/mol. The molecular formula is C18H35O7PS3. The van der Waals surface area contributed by atoms with E-state index in [0.29, 0.717) is 17.4 Å². The van der Waals surface area contributed by atoms with Gasteiger partial charge in [0.1, 0.15) is 5.60 Å². The van der Waals surface area contributed by atoms with Crippen molar-refractivity contribution in [2.45, 2.75) is 59.5 Å². The smallest absolute Gasteiger partial charge is 0.306 e. The minimum Gasteiger partial charge on any atom is -0.479 e. The fourth-order valence-electron chi connectivity index (χ4n) is 2.06. The number of thiocarbonyl (C=S) groups is 1. The Morgan fingerprint density at radius 2 is 1.79 bits per heavy atom. The molecule has 0 aliphatic heterocycles. The van der Waals surface area contributed by atoms with E-state index in [1.54, 1.807) is 27.7 Å². The van der Waals surface area contributed by atoms with Crippen LogP contribution in [0, 0.1) is 0 Å². The number of rotatable bonds is 14. The second-order valence-electron chi connectivity index (χ2n) is 7.47. The van der Waals surface area contributed by atoms with E-state index >= 15 is 0 Å². The molecule has 0 aliphatic carbocycles. The molecule has 0 aromatic carbocycles. The van der Waals surface area contributed by atoms with Crippen LogP contribution in [0.2, 0.25) is 0 Å². The van der Waals surface area contributed by atoms with Gasteiger partial charge in [0, 0.05) is 18.1 Å². The molecule has 0 rings (SSSR count). The lowest BCUT2D eigenvalue weighted by molar-refractivity contribution is -0.154. The van der Waals surface area contributed by atoms with E-state index in [-0.39, 0.29) is 42.6 Å². The Balaban J connectivity index is 4.75. The summed E-state index contributed by atoms with van der Waals surface area (Å²) >= 11 is 6.12. The molecule has 0 N–H and O–H groups in total. The van der Waals surface area contributed by atoms with E-state index in [9.17, 15) is 17.8 Å². The van der Waals surface area contributed by atoms with Crippen LogP contribution in [-0.2, 0) is 33.2 Å². The van der Waals surface area contributed by atoms with Crippen molar-refractivity contribution in [1.29, 1.82) is 0 Å². The lowest BCUT2D eigenvalue weighted by Gasteiger charge is -2.22. The average Bonchev–Trinajstić information content (AvgIpc) is 2.58. The molecule has 0 saturated carbocycles. The van der Waals surface area contributed by atoms with E-state index in [1.807, 2.05) is 6.92 Å². The van der Waals surface area contributed by atoms with Crippen LogP contribution >= 0.6 is 31.3 Å². The SMILES string of the molecule is CCCCOP(=O)(CCC(=O)OC(C)(C)C)CCS(=O)(=O)CCSC(=S)OCC. The molecule has 11 heteroatoms. The summed E-state index contributed by atoms with van der Waals surface area (Å²) in [6, 6.07) is 0. The predicted octanol–water partition coefficient (Wildman–Crippen LogP) is 4.28. The van der Waals surface area contributed by atoms with Gasteiger partial charge >= 0.3 is 5.97 Å². The van der Waals surface area contributed by atoms with Crippen LogP contribution in [-0.4, -0.2) is 67.2 Å². The summed E-state index contributed by atoms with van der Waals surface area (Å²) in [5, 5.41) is 0. The van der Waals surface area contributed by atoms with Crippen LogP contribution < -0.4 is 0 Å². The zero-order chi connectivity index (χ0) is 22.6. The number of carbonyl (C=O) groups excluding carboxylic acids is 1. The number of hydrogen-bond acceptors (Lipinski definition) is 9. The molecule has 1 unspecified atom stereocenters. The first-order chi connectivity index (χ1) is 13.3. The summed E-state index contributed by atoms with van der Waals surface area (Å²) in [5.41, 5.74) is -0.632. The topological polar surface area (TPSA) is 96.0 Å². The monoisotopic (exact) mass is 490 g/mol. The van der Waals surface area contributed by atoms with Crippen LogP contribution in [0.25, 0.3) is 0 Å². The maximum Gasteiger partial charge on any atom is 0.306 e. The molecule has 7 nitrogen and oxygen atoms in total. The maximum atomic E-state index is 13.1. The van der Waals surface area contributed by atoms with E-state index in [1.165, 1.54) is 11.8 Å². The van der Waals surface area contributed by atoms with Crippen molar-refractivity contribution in [2.24, 2.45) is 0 Å². The third-order valence-corrected chi connectivity index (χ3v) is 9.43. The summed E-state index contributed by atoms with van der Waals surface area (Å²) in [7, 11) is -6.69. The van der Waals surface area contributed by atoms with E-state index in [2.05, 4.69) is 0 Å². The third kappa shape index (κ3) is 16.2. The molecule has 0 aliphatic rings. The van der Waals surface area contributed by atoms with Gasteiger partial charge in [-0.2, -0.15) is 0 Å². The van der Waals surface area contributed by atoms with Crippen molar-refractivity contribution in [2.75, 3.05) is 42.8 Å². The van der Waals surface area contributed by atoms with Crippen LogP contribution in [0.5, 0.6) is 0 Å². The highest BCUT2D eigenvalue weighted by molar-refractivity contribution is 8.22. The summed E-state index contributed by atoms with van der Waals surface area (Å²) < 4.78 is 54.0. The molecule has 0 amide bonds. The second-order valence-corrected chi connectivity index (χ2v) is 14.3. The third-order valence-electron chi connectivity index (χ3n) is 3.52. The fraction of sp³-hybridized carbons (Fsp3) is 0.889. The quantitative estimate of drug-likeness (QED) is 0.153. The number of esters is 1. The number of sulfone groups is 1. The van der Waals surface area contributed by atoms with Crippen molar-refractivity contribution < 1.29 is 31.8 Å². The fourth-order valence-corrected chi connectivity index (χ4v) is 8.04. The molecule has 0 spiro atoms. The number of unbranched alkanes of at least 4 members (excludes halogenated alkanes) is 1. The largest absolute Gasteiger partial charge is 0.479 e. The minimum absolute atomic E-state index is 0.0235. The Labute approximate surface area is 185 Å². The van der Waals surface area contributed by atoms with Gasteiger partial charge in [0.05, 0.1) is 31.1 Å². The first-order valence-corrected chi connectivity index (χ1v) is 15.0. The van der Waals surface area contributed by atoms with Crippen molar-refractivity contribution in [3.05, 3.63) is 0 Å². The van der Waals surface area contributed by atoms with Crippen LogP contribution in [0.4, 0.5) is 0 Å². The van der Waals surface area contributed by atoms with Gasteiger partial charge in [-0.1, -0.05) is 25.1 Å². The highest BCUT2D eigenvalue weighted by Gasteiger charge is 2.28. The summed E-state index contributed by atoms with van der Waals surface area (Å²) in [4.78, 5) is 12.0. The minimum atomic E-state index is -3.43. The van der Waals surface area contributed by atoms with Crippen molar-refractivity contribution >= 4 is 51.5 Å². The number of hydrogen-bond donors (Lipinski definition) is 0. The van der Waals surface area contributed by atoms with Crippen LogP contribution in [0.3, 0.4) is 0 Å². The molecule has 0 heterocycles. The van der Waals surface area contributed by atoms with Gasteiger partial charge < -0.3 is 14.0 Å². The van der Waals surface area contributed by atoms with Gasteiger partial charge in [0.2, 0.25) is 11.8 Å². The zero-order valence-corrected chi connectivity index (χ0v) is 21.4. The molecular weight excluding hydrogens is 455 g/mol. The maximum absolute atomic E-state index is 13.1. The van der Waals surface area contributed by atoms with Crippen LogP contribution in [0.15, 0.2) is 0 Å². The van der Waals surface area contributed by atoms with Gasteiger partial charge in [-0.15, -0.1) is 0 Å². The molecule has 0 fully saturated rings. The Kier molecular flexibility index (Phi) is 13.9. The molecule has 1 atom stereocenters. The normalized spacial score (nSPS) is 14.2. The lowest BCUT2D eigenvalue weighted by Crippen LogP contribution is -2.24. The Morgan fingerprint density at radius 1 is 1.14 bits per heavy atom. The van der Waals surface area contributed by atoms with E-state index in [4.69, 9.17) is 26.2 Å². The van der Waals surface area contributed by atoms with Crippen LogP contribution in [0.1, 0.15) is 53.9 Å². The Hall–Kier alpha value is -0.150. The zero-order valence-electron chi connectivity index (χ0n) is 18.1. The van der Waals surface area contributed by atoms with Crippen molar-refractivity contribution in [3.63, 3.8) is 0 Å². The number of carbonyl (C=O) groups is 1. The number of ether oxygens (including phenoxy) is 2. The van der Waals surface area contributed by atoms with Gasteiger partial charge in [-0.05, 0) is 46.3 Å². The molecule has 0 aromatic rings. The predicted molar refractivity (Wildman–Crippen MR) is 124 cm³/mol. The van der Waals surface area contributed by atoms with Gasteiger partial charge in [0.15, 0.2) is 9.84 Å². The highest BCUT2D eigenvalue weighted by atomic mass is 32.2. The van der Waals surface area contributed by atoms with E-state index < -0.39 is 28.8 Å². The number of thioether (sulfide) groups is 1. The highest BCUT2D eigenvalue weighted by Crippen LogP contribution is 2.47. The standard InChI is InChI=1S/C18H35O7PS3/c1-6-8-10-24-26(20,11-9-16(19)25-18(3,4)5)12-14-29(21,22)15-13-28-17(27)23-7-2/h6-15H2,1-5H3. The molecule has 0 radical (unpaired) electrons. The van der Waals surface area contributed by atoms with Crippen molar-refractivity contribution in [1.82, 2.24) is 0 Å². The summed E-state index contributed by atoms with van der Waals surface area (Å²) in [6.07, 6.45) is 1.38. The summed E-state index contributed by atoms with van der Waals surface area (Å²) in [5.74, 6) is -0.543. The van der Waals surface area contributed by atoms with Gasteiger partial charge in [-0.3, -0.25) is 9.36 Å². The lowest BCUT2D eigenvalue weighted by atomic mass is 10.2. The molecule has 29 heavy (non-hydrogen) atoms. The summed E-state index contributed by atoms with van der Waals surface area (Å²) in [6.45, 7) is 9.76. The molecule has 0 bridgehead atoms. The van der Waals surface area contributed by atoms with E-state index in [0.717, 1.165) is 6.42 Å². The Morgan fingerprint density at radius 3 is 2.34 bits per heavy atom. The molecule has 172 valence electrons. The van der Waals surface area contributed by atoms with Gasteiger partial charge in [-0.25, -0.2) is 8.42 Å². The molecule has 0 saturated heterocycles. The van der Waals surface area contributed by atoms with Gasteiger partial charge in [0.25, 0.3) is 0 Å². The second kappa shape index (κ2) is 14.0. The first-order valence-electron chi connectivity index (χ1n) is 9.77. The first kappa shape index (κ1) is 28.9.